The second-order valence-corrected chi connectivity index (χ2v) is 12.2. The van der Waals surface area contributed by atoms with Gasteiger partial charge in [-0.05, 0) is 67.3 Å². The Morgan fingerprint density at radius 2 is 1.65 bits per heavy atom. The van der Waals surface area contributed by atoms with E-state index in [2.05, 4.69) is 5.32 Å². The summed E-state index contributed by atoms with van der Waals surface area (Å²) < 4.78 is 34.2. The van der Waals surface area contributed by atoms with Gasteiger partial charge < -0.3 is 15.0 Å². The lowest BCUT2D eigenvalue weighted by atomic mass is 10.1. The van der Waals surface area contributed by atoms with Crippen molar-refractivity contribution < 1.29 is 22.7 Å². The maximum absolute atomic E-state index is 14.0. The third-order valence-corrected chi connectivity index (χ3v) is 8.64. The van der Waals surface area contributed by atoms with Crippen LogP contribution >= 0.6 is 11.6 Å². The highest BCUT2D eigenvalue weighted by atomic mass is 35.5. The fourth-order valence-corrected chi connectivity index (χ4v) is 5.76. The number of hydrogen-bond donors (Lipinski definition) is 1. The van der Waals surface area contributed by atoms with E-state index in [0.717, 1.165) is 9.87 Å². The molecular weight excluding hydrogens is 550 g/mol. The Bertz CT molecular complexity index is 1430. The minimum absolute atomic E-state index is 0.0317. The normalized spacial score (nSPS) is 12.1. The first kappa shape index (κ1) is 31.0. The molecule has 0 aliphatic rings. The Hall–Kier alpha value is -3.56. The van der Waals surface area contributed by atoms with Crippen LogP contribution in [-0.2, 0) is 26.2 Å². The molecular formula is C30H36ClN3O5S. The molecule has 40 heavy (non-hydrogen) atoms. The van der Waals surface area contributed by atoms with Crippen LogP contribution in [0.5, 0.6) is 5.75 Å². The van der Waals surface area contributed by atoms with Crippen molar-refractivity contribution in [3.8, 4) is 5.75 Å². The molecule has 3 aromatic carbocycles. The van der Waals surface area contributed by atoms with Gasteiger partial charge in [0.05, 0.1) is 17.7 Å². The van der Waals surface area contributed by atoms with Gasteiger partial charge in [0.25, 0.3) is 10.0 Å². The summed E-state index contributed by atoms with van der Waals surface area (Å²) in [4.78, 5) is 28.5. The molecule has 214 valence electrons. The number of rotatable bonds is 12. The molecule has 0 radical (unpaired) electrons. The molecule has 0 fully saturated rings. The van der Waals surface area contributed by atoms with Crippen molar-refractivity contribution in [3.05, 3.63) is 88.9 Å². The van der Waals surface area contributed by atoms with Gasteiger partial charge >= 0.3 is 0 Å². The van der Waals surface area contributed by atoms with Gasteiger partial charge in [-0.15, -0.1) is 0 Å². The number of halogens is 1. The number of methoxy groups -OCH3 is 1. The van der Waals surface area contributed by atoms with Crippen molar-refractivity contribution in [1.82, 2.24) is 10.2 Å². The highest BCUT2D eigenvalue weighted by Crippen LogP contribution is 2.31. The van der Waals surface area contributed by atoms with E-state index in [-0.39, 0.29) is 29.0 Å². The molecule has 0 spiro atoms. The first-order valence-electron chi connectivity index (χ1n) is 13.0. The number of nitrogens with zero attached hydrogens (tertiary/aromatic N) is 2. The fourth-order valence-electron chi connectivity index (χ4n) is 4.10. The molecule has 0 aliphatic carbocycles. The van der Waals surface area contributed by atoms with Gasteiger partial charge in [0, 0.05) is 18.1 Å². The van der Waals surface area contributed by atoms with Crippen molar-refractivity contribution in [2.45, 2.75) is 45.2 Å². The number of carbonyl (C=O) groups excluding carboxylic acids is 2. The molecule has 0 aromatic heterocycles. The zero-order valence-corrected chi connectivity index (χ0v) is 25.0. The number of nitrogens with one attached hydrogen (secondary N) is 1. The highest BCUT2D eigenvalue weighted by molar-refractivity contribution is 7.92. The molecule has 0 bridgehead atoms. The number of hydrogen-bond acceptors (Lipinski definition) is 5. The summed E-state index contributed by atoms with van der Waals surface area (Å²) in [5.41, 5.74) is 1.52. The summed E-state index contributed by atoms with van der Waals surface area (Å²) in [6.45, 7) is 7.26. The minimum Gasteiger partial charge on any atom is -0.497 e. The molecule has 1 atom stereocenters. The number of ether oxygens (including phenoxy) is 1. The number of carbonyl (C=O) groups is 2. The zero-order chi connectivity index (χ0) is 29.4. The lowest BCUT2D eigenvalue weighted by Gasteiger charge is -2.32. The number of sulfonamides is 1. The van der Waals surface area contributed by atoms with Crippen molar-refractivity contribution in [3.63, 3.8) is 0 Å². The van der Waals surface area contributed by atoms with Gasteiger partial charge in [-0.25, -0.2) is 8.42 Å². The average molecular weight is 586 g/mol. The van der Waals surface area contributed by atoms with Crippen LogP contribution in [0.3, 0.4) is 0 Å². The summed E-state index contributed by atoms with van der Waals surface area (Å²) >= 11 is 6.36. The maximum atomic E-state index is 14.0. The van der Waals surface area contributed by atoms with E-state index in [0.29, 0.717) is 22.9 Å². The Morgan fingerprint density at radius 1 is 0.975 bits per heavy atom. The Kier molecular flexibility index (Phi) is 10.6. The molecule has 0 aliphatic heterocycles. The molecule has 0 heterocycles. The summed E-state index contributed by atoms with van der Waals surface area (Å²) in [6.07, 6.45) is 0. The zero-order valence-electron chi connectivity index (χ0n) is 23.4. The van der Waals surface area contributed by atoms with E-state index in [4.69, 9.17) is 16.3 Å². The van der Waals surface area contributed by atoms with Gasteiger partial charge in [-0.1, -0.05) is 61.8 Å². The van der Waals surface area contributed by atoms with E-state index in [1.807, 2.05) is 19.9 Å². The topological polar surface area (TPSA) is 96.0 Å². The molecule has 0 saturated carbocycles. The predicted octanol–water partition coefficient (Wildman–Crippen LogP) is 5.04. The fraction of sp³-hybridized carbons (Fsp3) is 0.333. The van der Waals surface area contributed by atoms with Crippen LogP contribution in [0.2, 0.25) is 5.02 Å². The lowest BCUT2D eigenvalue weighted by molar-refractivity contribution is -0.139. The first-order valence-corrected chi connectivity index (χ1v) is 14.8. The maximum Gasteiger partial charge on any atom is 0.264 e. The van der Waals surface area contributed by atoms with Crippen LogP contribution < -0.4 is 14.4 Å². The smallest absolute Gasteiger partial charge is 0.264 e. The standard InChI is InChI=1S/C30H36ClN3O5S/c1-21(2)18-32-30(36)23(4)33(19-24-11-9-12-25(17-24)39-5)29(35)20-34(28-16-10-15-27(31)22(28)3)40(37,38)26-13-7-6-8-14-26/h6-17,21,23H,18-20H2,1-5H3,(H,32,36). The third-order valence-electron chi connectivity index (χ3n) is 6.46. The Labute approximate surface area is 241 Å². The average Bonchev–Trinajstić information content (AvgIpc) is 2.95. The van der Waals surface area contributed by atoms with Crippen molar-refractivity contribution >= 4 is 39.1 Å². The highest BCUT2D eigenvalue weighted by Gasteiger charge is 2.33. The molecule has 3 aromatic rings. The summed E-state index contributed by atoms with van der Waals surface area (Å²) in [5.74, 6) is -0.0594. The van der Waals surface area contributed by atoms with E-state index < -0.39 is 28.5 Å². The molecule has 10 heteroatoms. The molecule has 0 saturated heterocycles. The van der Waals surface area contributed by atoms with Crippen molar-refractivity contribution in [1.29, 1.82) is 0 Å². The number of anilines is 1. The second kappa shape index (κ2) is 13.7. The SMILES string of the molecule is COc1cccc(CN(C(=O)CN(c2cccc(Cl)c2C)S(=O)(=O)c2ccccc2)C(C)C(=O)NCC(C)C)c1. The molecule has 3 rings (SSSR count). The van der Waals surface area contributed by atoms with Crippen LogP contribution in [0, 0.1) is 12.8 Å². The molecule has 1 N–H and O–H groups in total. The van der Waals surface area contributed by atoms with E-state index >= 15 is 0 Å². The predicted molar refractivity (Wildman–Crippen MR) is 158 cm³/mol. The summed E-state index contributed by atoms with van der Waals surface area (Å²) in [7, 11) is -2.62. The molecule has 8 nitrogen and oxygen atoms in total. The Morgan fingerprint density at radius 3 is 2.30 bits per heavy atom. The van der Waals surface area contributed by atoms with Crippen LogP contribution in [0.4, 0.5) is 5.69 Å². The van der Waals surface area contributed by atoms with Crippen molar-refractivity contribution in [2.75, 3.05) is 24.5 Å². The van der Waals surface area contributed by atoms with Gasteiger partial charge in [0.2, 0.25) is 11.8 Å². The van der Waals surface area contributed by atoms with E-state index in [1.54, 1.807) is 75.6 Å². The largest absolute Gasteiger partial charge is 0.497 e. The third kappa shape index (κ3) is 7.55. The van der Waals surface area contributed by atoms with Crippen LogP contribution in [0.15, 0.2) is 77.7 Å². The number of benzene rings is 3. The van der Waals surface area contributed by atoms with E-state index in [1.165, 1.54) is 17.0 Å². The number of amides is 2. The van der Waals surface area contributed by atoms with Crippen molar-refractivity contribution in [2.24, 2.45) is 5.92 Å². The van der Waals surface area contributed by atoms with Gasteiger partial charge in [-0.2, -0.15) is 0 Å². The summed E-state index contributed by atoms with van der Waals surface area (Å²) in [6, 6.07) is 19.1. The monoisotopic (exact) mass is 585 g/mol. The molecule has 1 unspecified atom stereocenters. The molecule has 2 amide bonds. The van der Waals surface area contributed by atoms with Crippen LogP contribution in [0.1, 0.15) is 31.9 Å². The van der Waals surface area contributed by atoms with Gasteiger partial charge in [0.1, 0.15) is 18.3 Å². The van der Waals surface area contributed by atoms with E-state index in [9.17, 15) is 18.0 Å². The second-order valence-electron chi connectivity index (χ2n) is 9.90. The minimum atomic E-state index is -4.17. The van der Waals surface area contributed by atoms with Crippen LogP contribution in [-0.4, -0.2) is 51.4 Å². The first-order chi connectivity index (χ1) is 18.9. The van der Waals surface area contributed by atoms with Crippen LogP contribution in [0.25, 0.3) is 0 Å². The lowest BCUT2D eigenvalue weighted by Crippen LogP contribution is -2.51. The summed E-state index contributed by atoms with van der Waals surface area (Å²) in [5, 5.41) is 3.24. The van der Waals surface area contributed by atoms with Gasteiger partial charge in [0.15, 0.2) is 0 Å². The Balaban J connectivity index is 2.05. The van der Waals surface area contributed by atoms with Gasteiger partial charge in [-0.3, -0.25) is 13.9 Å². The quantitative estimate of drug-likeness (QED) is 0.321.